The first-order valence-corrected chi connectivity index (χ1v) is 6.62. The van der Waals surface area contributed by atoms with Gasteiger partial charge in [-0.15, -0.1) is 11.8 Å². The van der Waals surface area contributed by atoms with Gasteiger partial charge in [0.25, 0.3) is 0 Å². The van der Waals surface area contributed by atoms with Crippen molar-refractivity contribution >= 4 is 17.7 Å². The maximum atomic E-state index is 10.8. The largest absolute Gasteiger partial charge is 0.497 e. The standard InChI is InChI=1S/C14H14O4S/c1-9(12-6-7-13(18-12)14(15)16)19-11-5-3-4-10(8-11)17-2/h3-9H,1-2H3,(H,15,16). The number of furan rings is 1. The van der Waals surface area contributed by atoms with Gasteiger partial charge in [-0.05, 0) is 37.3 Å². The highest BCUT2D eigenvalue weighted by Gasteiger charge is 2.15. The van der Waals surface area contributed by atoms with Gasteiger partial charge in [0.15, 0.2) is 0 Å². The van der Waals surface area contributed by atoms with E-state index in [-0.39, 0.29) is 11.0 Å². The second-order valence-corrected chi connectivity index (χ2v) is 5.36. The highest BCUT2D eigenvalue weighted by Crippen LogP contribution is 2.36. The molecule has 0 bridgehead atoms. The van der Waals surface area contributed by atoms with Crippen molar-refractivity contribution in [3.05, 3.63) is 47.9 Å². The lowest BCUT2D eigenvalue weighted by atomic mass is 10.3. The second-order valence-electron chi connectivity index (χ2n) is 3.95. The van der Waals surface area contributed by atoms with E-state index in [1.54, 1.807) is 24.9 Å². The monoisotopic (exact) mass is 278 g/mol. The third-order valence-corrected chi connectivity index (χ3v) is 3.70. The summed E-state index contributed by atoms with van der Waals surface area (Å²) in [6, 6.07) is 10.9. The van der Waals surface area contributed by atoms with Gasteiger partial charge in [0.2, 0.25) is 5.76 Å². The lowest BCUT2D eigenvalue weighted by molar-refractivity contribution is 0.0660. The van der Waals surface area contributed by atoms with Crippen LogP contribution in [-0.4, -0.2) is 18.2 Å². The summed E-state index contributed by atoms with van der Waals surface area (Å²) >= 11 is 1.58. The third-order valence-electron chi connectivity index (χ3n) is 2.59. The molecule has 1 unspecified atom stereocenters. The number of carboxylic acid groups (broad SMARTS) is 1. The number of aromatic carboxylic acids is 1. The summed E-state index contributed by atoms with van der Waals surface area (Å²) in [5.41, 5.74) is 0. The summed E-state index contributed by atoms with van der Waals surface area (Å²) < 4.78 is 10.4. The molecule has 5 heteroatoms. The molecule has 0 amide bonds. The minimum absolute atomic E-state index is 0.0280. The topological polar surface area (TPSA) is 59.7 Å². The van der Waals surface area contributed by atoms with Crippen LogP contribution in [-0.2, 0) is 0 Å². The van der Waals surface area contributed by atoms with Crippen molar-refractivity contribution < 1.29 is 19.1 Å². The summed E-state index contributed by atoms with van der Waals surface area (Å²) in [6.45, 7) is 1.97. The van der Waals surface area contributed by atoms with E-state index in [1.807, 2.05) is 31.2 Å². The van der Waals surface area contributed by atoms with E-state index in [0.717, 1.165) is 10.6 Å². The molecule has 0 spiro atoms. The van der Waals surface area contributed by atoms with E-state index in [2.05, 4.69) is 0 Å². The van der Waals surface area contributed by atoms with Crippen LogP contribution in [0, 0.1) is 0 Å². The average Bonchev–Trinajstić information content (AvgIpc) is 2.89. The van der Waals surface area contributed by atoms with Crippen LogP contribution < -0.4 is 4.74 Å². The van der Waals surface area contributed by atoms with E-state index >= 15 is 0 Å². The third kappa shape index (κ3) is 3.32. The van der Waals surface area contributed by atoms with Gasteiger partial charge in [-0.3, -0.25) is 0 Å². The zero-order chi connectivity index (χ0) is 13.8. The van der Waals surface area contributed by atoms with Crippen LogP contribution in [0.1, 0.15) is 28.5 Å². The molecule has 19 heavy (non-hydrogen) atoms. The Labute approximate surface area is 115 Å². The predicted octanol–water partition coefficient (Wildman–Crippen LogP) is 3.84. The minimum atomic E-state index is -1.05. The molecular formula is C14H14O4S. The Balaban J connectivity index is 2.10. The van der Waals surface area contributed by atoms with Crippen molar-refractivity contribution in [2.45, 2.75) is 17.1 Å². The van der Waals surface area contributed by atoms with Gasteiger partial charge in [0.05, 0.1) is 12.4 Å². The Bertz CT molecular complexity index is 576. The van der Waals surface area contributed by atoms with Gasteiger partial charge in [0, 0.05) is 4.90 Å². The van der Waals surface area contributed by atoms with Gasteiger partial charge < -0.3 is 14.3 Å². The van der Waals surface area contributed by atoms with Gasteiger partial charge in [-0.2, -0.15) is 0 Å². The molecule has 2 aromatic rings. The smallest absolute Gasteiger partial charge is 0.371 e. The molecule has 0 aliphatic carbocycles. The quantitative estimate of drug-likeness (QED) is 0.842. The molecule has 4 nitrogen and oxygen atoms in total. The van der Waals surface area contributed by atoms with E-state index in [9.17, 15) is 4.79 Å². The molecule has 1 aromatic carbocycles. The van der Waals surface area contributed by atoms with Crippen molar-refractivity contribution in [2.75, 3.05) is 7.11 Å². The van der Waals surface area contributed by atoms with E-state index in [0.29, 0.717) is 5.76 Å². The van der Waals surface area contributed by atoms with Crippen molar-refractivity contribution in [3.63, 3.8) is 0 Å². The Hall–Kier alpha value is -1.88. The van der Waals surface area contributed by atoms with E-state index in [1.165, 1.54) is 6.07 Å². The first-order valence-electron chi connectivity index (χ1n) is 5.74. The summed E-state index contributed by atoms with van der Waals surface area (Å²) in [5, 5.41) is 8.85. The van der Waals surface area contributed by atoms with Crippen molar-refractivity contribution in [3.8, 4) is 5.75 Å². The Morgan fingerprint density at radius 2 is 2.16 bits per heavy atom. The van der Waals surface area contributed by atoms with Crippen LogP contribution in [0.5, 0.6) is 5.75 Å². The molecule has 1 aromatic heterocycles. The SMILES string of the molecule is COc1cccc(SC(C)c2ccc(C(=O)O)o2)c1. The zero-order valence-corrected chi connectivity index (χ0v) is 11.4. The van der Waals surface area contributed by atoms with Gasteiger partial charge in [0.1, 0.15) is 11.5 Å². The highest BCUT2D eigenvalue weighted by molar-refractivity contribution is 7.99. The summed E-state index contributed by atoms with van der Waals surface area (Å²) in [5.74, 6) is 0.353. The molecule has 1 heterocycles. The summed E-state index contributed by atoms with van der Waals surface area (Å²) in [7, 11) is 1.62. The summed E-state index contributed by atoms with van der Waals surface area (Å²) in [6.07, 6.45) is 0. The number of hydrogen-bond acceptors (Lipinski definition) is 4. The van der Waals surface area contributed by atoms with Crippen LogP contribution in [0.2, 0.25) is 0 Å². The van der Waals surface area contributed by atoms with Crippen LogP contribution in [0.25, 0.3) is 0 Å². The number of thioether (sulfide) groups is 1. The minimum Gasteiger partial charge on any atom is -0.497 e. The molecule has 0 saturated heterocycles. The maximum Gasteiger partial charge on any atom is 0.371 e. The van der Waals surface area contributed by atoms with Crippen molar-refractivity contribution in [1.29, 1.82) is 0 Å². The number of benzene rings is 1. The van der Waals surface area contributed by atoms with Gasteiger partial charge >= 0.3 is 5.97 Å². The maximum absolute atomic E-state index is 10.8. The van der Waals surface area contributed by atoms with Crippen LogP contribution in [0.15, 0.2) is 45.7 Å². The Kier molecular flexibility index (Phi) is 4.16. The zero-order valence-electron chi connectivity index (χ0n) is 10.6. The fourth-order valence-corrected chi connectivity index (χ4v) is 2.62. The number of carboxylic acids is 1. The van der Waals surface area contributed by atoms with E-state index < -0.39 is 5.97 Å². The van der Waals surface area contributed by atoms with Gasteiger partial charge in [-0.25, -0.2) is 4.79 Å². The Morgan fingerprint density at radius 3 is 2.79 bits per heavy atom. The van der Waals surface area contributed by atoms with Crippen LogP contribution in [0.3, 0.4) is 0 Å². The number of rotatable bonds is 5. The number of methoxy groups -OCH3 is 1. The highest BCUT2D eigenvalue weighted by atomic mass is 32.2. The van der Waals surface area contributed by atoms with Crippen molar-refractivity contribution in [1.82, 2.24) is 0 Å². The molecule has 100 valence electrons. The molecule has 1 N–H and O–H groups in total. The number of carbonyl (C=O) groups is 1. The van der Waals surface area contributed by atoms with Crippen LogP contribution >= 0.6 is 11.8 Å². The molecule has 0 saturated carbocycles. The molecule has 1 atom stereocenters. The second kappa shape index (κ2) is 5.84. The number of ether oxygens (including phenoxy) is 1. The Morgan fingerprint density at radius 1 is 1.37 bits per heavy atom. The lowest BCUT2D eigenvalue weighted by Gasteiger charge is -2.09. The normalized spacial score (nSPS) is 12.1. The molecule has 0 radical (unpaired) electrons. The van der Waals surface area contributed by atoms with E-state index in [4.69, 9.17) is 14.3 Å². The fourth-order valence-electron chi connectivity index (χ4n) is 1.62. The van der Waals surface area contributed by atoms with Gasteiger partial charge in [-0.1, -0.05) is 6.07 Å². The molecule has 2 rings (SSSR count). The summed E-state index contributed by atoms with van der Waals surface area (Å²) in [4.78, 5) is 11.8. The predicted molar refractivity (Wildman–Crippen MR) is 72.9 cm³/mol. The fraction of sp³-hybridized carbons (Fsp3) is 0.214. The molecule has 0 aliphatic rings. The molecular weight excluding hydrogens is 264 g/mol. The van der Waals surface area contributed by atoms with Crippen LogP contribution in [0.4, 0.5) is 0 Å². The average molecular weight is 278 g/mol. The van der Waals surface area contributed by atoms with Crippen molar-refractivity contribution in [2.24, 2.45) is 0 Å². The lowest BCUT2D eigenvalue weighted by Crippen LogP contribution is -1.92. The number of hydrogen-bond donors (Lipinski definition) is 1. The molecule has 0 fully saturated rings. The first kappa shape index (κ1) is 13.5. The molecule has 0 aliphatic heterocycles. The first-order chi connectivity index (χ1) is 9.10.